The number of benzene rings is 1. The van der Waals surface area contributed by atoms with Crippen molar-refractivity contribution in [3.8, 4) is 0 Å². The van der Waals surface area contributed by atoms with Gasteiger partial charge in [-0.05, 0) is 36.6 Å². The Kier molecular flexibility index (Phi) is 4.12. The van der Waals surface area contributed by atoms with Gasteiger partial charge in [-0.15, -0.1) is 11.3 Å². The quantitative estimate of drug-likeness (QED) is 0.911. The fourth-order valence-electron chi connectivity index (χ4n) is 1.86. The van der Waals surface area contributed by atoms with Crippen LogP contribution in [-0.4, -0.2) is 8.42 Å². The van der Waals surface area contributed by atoms with Crippen molar-refractivity contribution in [1.29, 1.82) is 0 Å². The van der Waals surface area contributed by atoms with Crippen LogP contribution in [-0.2, 0) is 16.6 Å². The van der Waals surface area contributed by atoms with E-state index in [0.29, 0.717) is 16.8 Å². The van der Waals surface area contributed by atoms with Gasteiger partial charge in [0.15, 0.2) is 0 Å². The van der Waals surface area contributed by atoms with Crippen LogP contribution in [0.3, 0.4) is 0 Å². The van der Waals surface area contributed by atoms with E-state index in [1.165, 1.54) is 6.07 Å². The average Bonchev–Trinajstić information content (AvgIpc) is 2.81. The van der Waals surface area contributed by atoms with Crippen molar-refractivity contribution in [2.75, 3.05) is 5.73 Å². The second-order valence-corrected chi connectivity index (χ2v) is 7.47. The summed E-state index contributed by atoms with van der Waals surface area (Å²) in [5, 5.41) is 1.57. The highest BCUT2D eigenvalue weighted by Crippen LogP contribution is 2.22. The number of nitrogen functional groups attached to an aromatic ring is 1. The van der Waals surface area contributed by atoms with E-state index in [2.05, 4.69) is 4.72 Å². The number of sulfonamides is 1. The smallest absolute Gasteiger partial charge is 0.250 e. The Bertz CT molecular complexity index is 716. The van der Waals surface area contributed by atoms with E-state index >= 15 is 0 Å². The molecule has 0 saturated carbocycles. The zero-order chi connectivity index (χ0) is 14.9. The summed E-state index contributed by atoms with van der Waals surface area (Å²) < 4.78 is 40.2. The molecule has 3 N–H and O–H groups in total. The lowest BCUT2D eigenvalue weighted by Crippen LogP contribution is -2.22. The summed E-state index contributed by atoms with van der Waals surface area (Å²) in [7, 11) is -3.58. The maximum Gasteiger partial charge on any atom is 0.250 e. The molecular formula is C13H15FN2O2S2. The van der Waals surface area contributed by atoms with Gasteiger partial charge in [0, 0.05) is 17.6 Å². The number of anilines is 1. The van der Waals surface area contributed by atoms with Crippen molar-refractivity contribution in [2.24, 2.45) is 0 Å². The third kappa shape index (κ3) is 3.17. The van der Waals surface area contributed by atoms with Crippen LogP contribution in [0.15, 0.2) is 27.8 Å². The molecule has 0 amide bonds. The molecule has 108 valence electrons. The van der Waals surface area contributed by atoms with E-state index in [9.17, 15) is 12.8 Å². The monoisotopic (exact) mass is 314 g/mol. The first-order valence-corrected chi connectivity index (χ1v) is 8.25. The molecule has 1 aromatic heterocycles. The first-order chi connectivity index (χ1) is 9.29. The SMILES string of the molecule is Cc1cc(CNS(=O)(=O)c2cc(N)cs2)cc(C)c1F. The van der Waals surface area contributed by atoms with Gasteiger partial charge in [-0.2, -0.15) is 0 Å². The molecule has 1 aromatic carbocycles. The minimum Gasteiger partial charge on any atom is -0.398 e. The standard InChI is InChI=1S/C13H15FN2O2S2/c1-8-3-10(4-9(2)13(8)14)6-16-20(17,18)12-5-11(15)7-19-12/h3-5,7,16H,6,15H2,1-2H3. The predicted octanol–water partition coefficient (Wildman–Crippen LogP) is 2.56. The minimum atomic E-state index is -3.58. The molecule has 0 radical (unpaired) electrons. The molecule has 0 bridgehead atoms. The highest BCUT2D eigenvalue weighted by atomic mass is 32.2. The molecule has 1 heterocycles. The molecule has 0 aliphatic rings. The number of nitrogens with one attached hydrogen (secondary N) is 1. The minimum absolute atomic E-state index is 0.113. The molecule has 0 spiro atoms. The van der Waals surface area contributed by atoms with Crippen LogP contribution in [0.25, 0.3) is 0 Å². The second-order valence-electron chi connectivity index (χ2n) is 4.57. The number of nitrogens with two attached hydrogens (primary N) is 1. The maximum atomic E-state index is 13.5. The summed E-state index contributed by atoms with van der Waals surface area (Å²) in [5.74, 6) is -0.261. The number of thiophene rings is 1. The normalized spacial score (nSPS) is 11.8. The lowest BCUT2D eigenvalue weighted by molar-refractivity contribution is 0.583. The molecule has 4 nitrogen and oxygen atoms in total. The van der Waals surface area contributed by atoms with Crippen LogP contribution < -0.4 is 10.5 Å². The summed E-state index contributed by atoms with van der Waals surface area (Å²) in [6, 6.07) is 4.68. The van der Waals surface area contributed by atoms with E-state index in [1.807, 2.05) is 0 Å². The number of halogens is 1. The lowest BCUT2D eigenvalue weighted by atomic mass is 10.1. The molecule has 2 rings (SSSR count). The van der Waals surface area contributed by atoms with Gasteiger partial charge < -0.3 is 5.73 Å². The third-order valence-electron chi connectivity index (χ3n) is 2.82. The van der Waals surface area contributed by atoms with Gasteiger partial charge >= 0.3 is 0 Å². The Morgan fingerprint density at radius 1 is 1.25 bits per heavy atom. The predicted molar refractivity (Wildman–Crippen MR) is 78.6 cm³/mol. The number of aryl methyl sites for hydroxylation is 2. The van der Waals surface area contributed by atoms with Crippen molar-refractivity contribution >= 4 is 27.0 Å². The van der Waals surface area contributed by atoms with Crippen molar-refractivity contribution in [1.82, 2.24) is 4.72 Å². The zero-order valence-electron chi connectivity index (χ0n) is 11.1. The van der Waals surface area contributed by atoms with E-state index in [-0.39, 0.29) is 16.6 Å². The van der Waals surface area contributed by atoms with Crippen LogP contribution in [0.1, 0.15) is 16.7 Å². The van der Waals surface area contributed by atoms with Crippen LogP contribution in [0.2, 0.25) is 0 Å². The highest BCUT2D eigenvalue weighted by Gasteiger charge is 2.16. The summed E-state index contributed by atoms with van der Waals surface area (Å²) in [6.07, 6.45) is 0. The summed E-state index contributed by atoms with van der Waals surface area (Å²) in [5.41, 5.74) is 7.65. The number of hydrogen-bond donors (Lipinski definition) is 2. The number of hydrogen-bond acceptors (Lipinski definition) is 4. The van der Waals surface area contributed by atoms with Crippen LogP contribution in [0.5, 0.6) is 0 Å². The summed E-state index contributed by atoms with van der Waals surface area (Å²) in [4.78, 5) is 0. The lowest BCUT2D eigenvalue weighted by Gasteiger charge is -2.08. The molecule has 0 saturated heterocycles. The van der Waals surface area contributed by atoms with E-state index in [1.54, 1.807) is 31.4 Å². The van der Waals surface area contributed by atoms with Gasteiger partial charge in [-0.3, -0.25) is 0 Å². The summed E-state index contributed by atoms with van der Waals surface area (Å²) >= 11 is 1.06. The molecule has 0 fully saturated rings. The molecule has 0 aliphatic heterocycles. The maximum absolute atomic E-state index is 13.5. The van der Waals surface area contributed by atoms with E-state index in [4.69, 9.17) is 5.73 Å². The van der Waals surface area contributed by atoms with Crippen molar-refractivity contribution in [3.63, 3.8) is 0 Å². The average molecular weight is 314 g/mol. The van der Waals surface area contributed by atoms with Gasteiger partial charge in [0.05, 0.1) is 0 Å². The fourth-order valence-corrected chi connectivity index (χ4v) is 4.00. The summed E-state index contributed by atoms with van der Waals surface area (Å²) in [6.45, 7) is 3.42. The van der Waals surface area contributed by atoms with Crippen LogP contribution in [0.4, 0.5) is 10.1 Å². The van der Waals surface area contributed by atoms with Crippen molar-refractivity contribution in [3.05, 3.63) is 46.1 Å². The largest absolute Gasteiger partial charge is 0.398 e. The Hall–Kier alpha value is -1.44. The molecule has 0 unspecified atom stereocenters. The van der Waals surface area contributed by atoms with Gasteiger partial charge in [-0.1, -0.05) is 12.1 Å². The second kappa shape index (κ2) is 5.51. The fraction of sp³-hybridized carbons (Fsp3) is 0.231. The Labute approximate surface area is 121 Å². The molecule has 7 heteroatoms. The van der Waals surface area contributed by atoms with Gasteiger partial charge in [0.1, 0.15) is 10.0 Å². The van der Waals surface area contributed by atoms with Gasteiger partial charge in [0.25, 0.3) is 0 Å². The Balaban J connectivity index is 2.16. The topological polar surface area (TPSA) is 72.2 Å². The number of rotatable bonds is 4. The van der Waals surface area contributed by atoms with E-state index in [0.717, 1.165) is 16.9 Å². The van der Waals surface area contributed by atoms with Crippen molar-refractivity contribution in [2.45, 2.75) is 24.6 Å². The first kappa shape index (κ1) is 15.0. The Morgan fingerprint density at radius 2 is 1.85 bits per heavy atom. The molecule has 20 heavy (non-hydrogen) atoms. The molecular weight excluding hydrogens is 299 g/mol. The highest BCUT2D eigenvalue weighted by molar-refractivity contribution is 7.91. The van der Waals surface area contributed by atoms with Gasteiger partial charge in [0.2, 0.25) is 10.0 Å². The third-order valence-corrected chi connectivity index (χ3v) is 5.68. The van der Waals surface area contributed by atoms with Crippen LogP contribution in [0, 0.1) is 19.7 Å². The molecule has 0 atom stereocenters. The Morgan fingerprint density at radius 3 is 2.35 bits per heavy atom. The molecule has 2 aromatic rings. The first-order valence-electron chi connectivity index (χ1n) is 5.89. The van der Waals surface area contributed by atoms with Crippen molar-refractivity contribution < 1.29 is 12.8 Å². The molecule has 0 aliphatic carbocycles. The van der Waals surface area contributed by atoms with E-state index < -0.39 is 10.0 Å². The van der Waals surface area contributed by atoms with Gasteiger partial charge in [-0.25, -0.2) is 17.5 Å². The zero-order valence-corrected chi connectivity index (χ0v) is 12.7. The van der Waals surface area contributed by atoms with Crippen LogP contribution >= 0.6 is 11.3 Å².